The number of benzene rings is 1. The largest absolute Gasteiger partial charge is 0.495 e. The van der Waals surface area contributed by atoms with E-state index >= 15 is 0 Å². The molecule has 1 aromatic rings. The molecule has 2 rings (SSSR count). The van der Waals surface area contributed by atoms with Gasteiger partial charge in [-0.15, -0.1) is 0 Å². The van der Waals surface area contributed by atoms with E-state index in [0.29, 0.717) is 18.7 Å². The summed E-state index contributed by atoms with van der Waals surface area (Å²) in [6.45, 7) is 0.326. The third kappa shape index (κ3) is 4.09. The number of aliphatic hydroxyl groups excluding tert-OH is 1. The highest BCUT2D eigenvalue weighted by Crippen LogP contribution is 2.27. The smallest absolute Gasteiger partial charge is 0.244 e. The first kappa shape index (κ1) is 16.1. The minimum absolute atomic E-state index is 0.0792. The lowest BCUT2D eigenvalue weighted by molar-refractivity contribution is 0.102. The van der Waals surface area contributed by atoms with Gasteiger partial charge in [-0.1, -0.05) is 6.42 Å². The molecule has 0 saturated heterocycles. The van der Waals surface area contributed by atoms with Crippen LogP contribution in [0.15, 0.2) is 23.1 Å². The van der Waals surface area contributed by atoms with Crippen molar-refractivity contribution in [1.82, 2.24) is 4.72 Å². The third-order valence-corrected chi connectivity index (χ3v) is 5.26. The zero-order valence-electron chi connectivity index (χ0n) is 12.1. The minimum Gasteiger partial charge on any atom is -0.495 e. The Kier molecular flexibility index (Phi) is 5.08. The zero-order chi connectivity index (χ0) is 15.5. The van der Waals surface area contributed by atoms with Crippen LogP contribution in [0.5, 0.6) is 5.75 Å². The number of aliphatic hydroxyl groups is 1. The van der Waals surface area contributed by atoms with Crippen molar-refractivity contribution in [1.29, 1.82) is 0 Å². The van der Waals surface area contributed by atoms with Gasteiger partial charge in [-0.2, -0.15) is 0 Å². The molecule has 4 N–H and O–H groups in total. The van der Waals surface area contributed by atoms with Crippen molar-refractivity contribution in [3.05, 3.63) is 18.2 Å². The molecule has 2 atom stereocenters. The van der Waals surface area contributed by atoms with E-state index in [2.05, 4.69) is 4.72 Å². The van der Waals surface area contributed by atoms with Crippen LogP contribution < -0.4 is 15.2 Å². The first-order chi connectivity index (χ1) is 9.92. The van der Waals surface area contributed by atoms with E-state index in [4.69, 9.17) is 10.5 Å². The van der Waals surface area contributed by atoms with Gasteiger partial charge in [-0.3, -0.25) is 0 Å². The predicted molar refractivity (Wildman–Crippen MR) is 80.6 cm³/mol. The SMILES string of the molecule is COc1cc(N)ccc1S(=O)(=O)NCC1CCCC(O)C1. The van der Waals surface area contributed by atoms with Crippen LogP contribution in [0.1, 0.15) is 25.7 Å². The van der Waals surface area contributed by atoms with Crippen molar-refractivity contribution in [2.24, 2.45) is 5.92 Å². The predicted octanol–water partition coefficient (Wildman–Crippen LogP) is 1.11. The molecule has 0 radical (unpaired) electrons. The number of rotatable bonds is 5. The summed E-state index contributed by atoms with van der Waals surface area (Å²) in [4.78, 5) is 0.0792. The maximum Gasteiger partial charge on any atom is 0.244 e. The molecule has 1 fully saturated rings. The molecule has 0 amide bonds. The Morgan fingerprint density at radius 3 is 2.86 bits per heavy atom. The number of nitrogens with one attached hydrogen (secondary N) is 1. The lowest BCUT2D eigenvalue weighted by Crippen LogP contribution is -2.33. The Labute approximate surface area is 125 Å². The Morgan fingerprint density at radius 1 is 1.43 bits per heavy atom. The summed E-state index contributed by atoms with van der Waals surface area (Å²) in [7, 11) is -2.24. The summed E-state index contributed by atoms with van der Waals surface area (Å²) in [5.41, 5.74) is 6.08. The summed E-state index contributed by atoms with van der Waals surface area (Å²) >= 11 is 0. The standard InChI is InChI=1S/C14H22N2O4S/c1-20-13-8-11(15)5-6-14(13)21(18,19)16-9-10-3-2-4-12(17)7-10/h5-6,8,10,12,16-17H,2-4,7,9,15H2,1H3. The van der Waals surface area contributed by atoms with Gasteiger partial charge < -0.3 is 15.6 Å². The van der Waals surface area contributed by atoms with Crippen LogP contribution in [0.2, 0.25) is 0 Å². The number of methoxy groups -OCH3 is 1. The molecule has 1 saturated carbocycles. The molecule has 0 heterocycles. The van der Waals surface area contributed by atoms with Crippen molar-refractivity contribution < 1.29 is 18.3 Å². The second kappa shape index (κ2) is 6.64. The summed E-state index contributed by atoms with van der Waals surface area (Å²) in [5, 5.41) is 9.63. The van der Waals surface area contributed by atoms with Gasteiger partial charge in [0.25, 0.3) is 0 Å². The number of nitrogen functional groups attached to an aromatic ring is 1. The van der Waals surface area contributed by atoms with Gasteiger partial charge in [0.1, 0.15) is 10.6 Å². The second-order valence-electron chi connectivity index (χ2n) is 5.45. The van der Waals surface area contributed by atoms with Gasteiger partial charge >= 0.3 is 0 Å². The maximum atomic E-state index is 12.4. The summed E-state index contributed by atoms with van der Waals surface area (Å²) < 4.78 is 32.4. The fourth-order valence-corrected chi connectivity index (χ4v) is 3.92. The number of sulfonamides is 1. The van der Waals surface area contributed by atoms with Crippen LogP contribution in [0.3, 0.4) is 0 Å². The minimum atomic E-state index is -3.65. The molecule has 118 valence electrons. The average molecular weight is 314 g/mol. The van der Waals surface area contributed by atoms with Crippen LogP contribution in [0.4, 0.5) is 5.69 Å². The topological polar surface area (TPSA) is 102 Å². The van der Waals surface area contributed by atoms with Crippen LogP contribution in [0, 0.1) is 5.92 Å². The van der Waals surface area contributed by atoms with E-state index in [-0.39, 0.29) is 22.7 Å². The Balaban J connectivity index is 2.08. The number of nitrogens with two attached hydrogens (primary N) is 1. The second-order valence-corrected chi connectivity index (χ2v) is 7.18. The quantitative estimate of drug-likeness (QED) is 0.707. The fraction of sp³-hybridized carbons (Fsp3) is 0.571. The van der Waals surface area contributed by atoms with Gasteiger partial charge in [0.15, 0.2) is 0 Å². The van der Waals surface area contributed by atoms with Gasteiger partial charge in [0, 0.05) is 18.3 Å². The molecule has 0 spiro atoms. The van der Waals surface area contributed by atoms with E-state index in [1.54, 1.807) is 0 Å². The molecule has 7 heteroatoms. The molecular weight excluding hydrogens is 292 g/mol. The number of ether oxygens (including phenoxy) is 1. The lowest BCUT2D eigenvalue weighted by atomic mass is 9.87. The van der Waals surface area contributed by atoms with E-state index < -0.39 is 10.0 Å². The first-order valence-corrected chi connectivity index (χ1v) is 8.52. The van der Waals surface area contributed by atoms with E-state index in [0.717, 1.165) is 19.3 Å². The van der Waals surface area contributed by atoms with E-state index in [1.807, 2.05) is 0 Å². The van der Waals surface area contributed by atoms with Crippen molar-refractivity contribution >= 4 is 15.7 Å². The third-order valence-electron chi connectivity index (χ3n) is 3.79. The number of anilines is 1. The Morgan fingerprint density at radius 2 is 2.19 bits per heavy atom. The Hall–Kier alpha value is -1.31. The monoisotopic (exact) mass is 314 g/mol. The van der Waals surface area contributed by atoms with Crippen LogP contribution in [0.25, 0.3) is 0 Å². The molecule has 0 aliphatic heterocycles. The summed E-state index contributed by atoms with van der Waals surface area (Å²) in [5.74, 6) is 0.398. The molecule has 1 aliphatic carbocycles. The molecule has 1 aromatic carbocycles. The van der Waals surface area contributed by atoms with Gasteiger partial charge in [-0.05, 0) is 37.3 Å². The lowest BCUT2D eigenvalue weighted by Gasteiger charge is -2.26. The van der Waals surface area contributed by atoms with Gasteiger partial charge in [0.2, 0.25) is 10.0 Å². The molecule has 0 aromatic heterocycles. The maximum absolute atomic E-state index is 12.4. The summed E-state index contributed by atoms with van der Waals surface area (Å²) in [6, 6.07) is 4.45. The van der Waals surface area contributed by atoms with Crippen LogP contribution in [-0.4, -0.2) is 33.3 Å². The average Bonchev–Trinajstić information content (AvgIpc) is 2.45. The molecule has 1 aliphatic rings. The number of hydrogen-bond donors (Lipinski definition) is 3. The zero-order valence-corrected chi connectivity index (χ0v) is 12.9. The van der Waals surface area contributed by atoms with E-state index in [9.17, 15) is 13.5 Å². The molecule has 0 bridgehead atoms. The first-order valence-electron chi connectivity index (χ1n) is 7.03. The van der Waals surface area contributed by atoms with Gasteiger partial charge in [-0.25, -0.2) is 13.1 Å². The molecule has 2 unspecified atom stereocenters. The van der Waals surface area contributed by atoms with Crippen LogP contribution >= 0.6 is 0 Å². The molecule has 21 heavy (non-hydrogen) atoms. The fourth-order valence-electron chi connectivity index (χ4n) is 2.66. The van der Waals surface area contributed by atoms with Crippen molar-refractivity contribution in [2.45, 2.75) is 36.7 Å². The van der Waals surface area contributed by atoms with E-state index in [1.165, 1.54) is 25.3 Å². The Bertz CT molecular complexity index is 589. The van der Waals surface area contributed by atoms with Crippen LogP contribution in [-0.2, 0) is 10.0 Å². The van der Waals surface area contributed by atoms with Gasteiger partial charge in [0.05, 0.1) is 13.2 Å². The number of hydrogen-bond acceptors (Lipinski definition) is 5. The highest BCUT2D eigenvalue weighted by Gasteiger charge is 2.24. The van der Waals surface area contributed by atoms with Crippen molar-refractivity contribution in [3.63, 3.8) is 0 Å². The van der Waals surface area contributed by atoms with Crippen molar-refractivity contribution in [2.75, 3.05) is 19.4 Å². The van der Waals surface area contributed by atoms with Crippen molar-refractivity contribution in [3.8, 4) is 5.75 Å². The highest BCUT2D eigenvalue weighted by atomic mass is 32.2. The molecule has 6 nitrogen and oxygen atoms in total. The normalized spacial score (nSPS) is 23.0. The summed E-state index contributed by atoms with van der Waals surface area (Å²) in [6.07, 6.45) is 2.98. The molecular formula is C14H22N2O4S. The highest BCUT2D eigenvalue weighted by molar-refractivity contribution is 7.89.